The molecule has 6 rings (SSSR count). The van der Waals surface area contributed by atoms with Gasteiger partial charge in [-0.15, -0.1) is 0 Å². The molecule has 5 nitrogen and oxygen atoms in total. The van der Waals surface area contributed by atoms with Crippen molar-refractivity contribution in [1.82, 2.24) is 0 Å². The van der Waals surface area contributed by atoms with Crippen LogP contribution in [0.4, 0.5) is 5.69 Å². The van der Waals surface area contributed by atoms with Gasteiger partial charge in [0.25, 0.3) is 0 Å². The zero-order valence-corrected chi connectivity index (χ0v) is 29.3. The lowest BCUT2D eigenvalue weighted by atomic mass is 9.36. The number of carbonyl (C=O) groups excluding carboxylic acids is 3. The summed E-state index contributed by atoms with van der Waals surface area (Å²) < 4.78 is 5.92. The number of carbonyl (C=O) groups is 3. The van der Waals surface area contributed by atoms with E-state index in [1.54, 1.807) is 6.92 Å². The number of hydrogen-bond acceptors (Lipinski definition) is 4. The molecule has 5 heteroatoms. The van der Waals surface area contributed by atoms with Crippen molar-refractivity contribution >= 4 is 23.3 Å². The molecule has 1 N–H and O–H groups in total. The Labute approximate surface area is 271 Å². The van der Waals surface area contributed by atoms with Crippen molar-refractivity contribution in [2.24, 2.45) is 51.2 Å². The van der Waals surface area contributed by atoms with Gasteiger partial charge in [-0.3, -0.25) is 14.4 Å². The third-order valence-corrected chi connectivity index (χ3v) is 14.1. The minimum absolute atomic E-state index is 0.0216. The quantitative estimate of drug-likeness (QED) is 0.335. The van der Waals surface area contributed by atoms with E-state index in [9.17, 15) is 14.4 Å². The van der Waals surface area contributed by atoms with Gasteiger partial charge in [0.1, 0.15) is 6.10 Å². The van der Waals surface area contributed by atoms with Crippen LogP contribution in [-0.4, -0.2) is 23.8 Å². The van der Waals surface area contributed by atoms with Gasteiger partial charge in [-0.05, 0) is 120 Å². The van der Waals surface area contributed by atoms with Gasteiger partial charge in [0.05, 0.1) is 5.41 Å². The number of allylic oxidation sites excluding steroid dienone is 1. The van der Waals surface area contributed by atoms with Gasteiger partial charge < -0.3 is 10.1 Å². The SMILES string of the molecule is CC(=O)O[C@H]1CC[C@@]2(C)C(CC[C@@]3(C)C4CC[C@@]5(C(=O)Nc6ccccc6C(C)C)CC(=O)C(C(C)C)=C5C4CCC32)C1(C)C. The molecule has 0 radical (unpaired) electrons. The molecule has 246 valence electrons. The van der Waals surface area contributed by atoms with E-state index >= 15 is 0 Å². The van der Waals surface area contributed by atoms with Crippen LogP contribution in [0, 0.1) is 51.2 Å². The molecule has 0 spiro atoms. The van der Waals surface area contributed by atoms with Crippen LogP contribution in [0.25, 0.3) is 0 Å². The van der Waals surface area contributed by atoms with Crippen LogP contribution in [-0.2, 0) is 19.1 Å². The first-order valence-electron chi connectivity index (χ1n) is 17.9. The molecule has 0 aromatic heterocycles. The Kier molecular flexibility index (Phi) is 8.01. The van der Waals surface area contributed by atoms with Crippen molar-refractivity contribution in [3.63, 3.8) is 0 Å². The number of ether oxygens (including phenoxy) is 1. The molecular formula is C40H57NO4. The predicted molar refractivity (Wildman–Crippen MR) is 180 cm³/mol. The Morgan fingerprint density at radius 2 is 1.53 bits per heavy atom. The molecule has 1 aromatic rings. The second-order valence-electron chi connectivity index (χ2n) is 17.3. The number of ketones is 1. The van der Waals surface area contributed by atoms with Crippen LogP contribution in [0.3, 0.4) is 0 Å². The Bertz CT molecular complexity index is 1420. The second kappa shape index (κ2) is 11.1. The second-order valence-corrected chi connectivity index (χ2v) is 17.3. The summed E-state index contributed by atoms with van der Waals surface area (Å²) in [4.78, 5) is 40.5. The molecule has 0 heterocycles. The van der Waals surface area contributed by atoms with E-state index in [1.165, 1.54) is 5.57 Å². The largest absolute Gasteiger partial charge is 0.462 e. The average Bonchev–Trinajstić information content (AvgIpc) is 3.28. The van der Waals surface area contributed by atoms with Crippen molar-refractivity contribution in [3.05, 3.63) is 41.0 Å². The number of para-hydroxylation sites is 1. The molecule has 1 amide bonds. The molecule has 4 saturated carbocycles. The number of rotatable bonds is 5. The highest BCUT2D eigenvalue weighted by Gasteiger charge is 2.67. The average molecular weight is 616 g/mol. The van der Waals surface area contributed by atoms with E-state index in [4.69, 9.17) is 4.74 Å². The number of amides is 1. The number of esters is 1. The first kappa shape index (κ1) is 32.5. The van der Waals surface area contributed by atoms with Crippen LogP contribution < -0.4 is 5.32 Å². The fourth-order valence-electron chi connectivity index (χ4n) is 12.3. The summed E-state index contributed by atoms with van der Waals surface area (Å²) in [6.07, 6.45) is 8.57. The van der Waals surface area contributed by atoms with Crippen molar-refractivity contribution in [1.29, 1.82) is 0 Å². The van der Waals surface area contributed by atoms with E-state index in [2.05, 4.69) is 66.8 Å². The molecule has 5 aliphatic carbocycles. The maximum atomic E-state index is 14.6. The van der Waals surface area contributed by atoms with Crippen LogP contribution in [0.15, 0.2) is 35.4 Å². The number of fused-ring (bicyclic) bond motifs is 7. The first-order chi connectivity index (χ1) is 21.1. The standard InChI is InChI=1S/C40H57NO4/c1-23(2)26-12-10-11-13-29(26)41-36(44)40-21-16-28-27(35(40)34(24(3)4)30(43)22-40)14-15-32-38(28,8)19-17-31-37(6,7)33(45-25(5)42)18-20-39(31,32)9/h10-13,23-24,27-28,31-33H,14-22H2,1-9H3,(H,41,44)/t27?,28?,31?,32?,33-,38-,39-,40+/m0/s1. The Morgan fingerprint density at radius 1 is 0.844 bits per heavy atom. The summed E-state index contributed by atoms with van der Waals surface area (Å²) in [5, 5.41) is 3.37. The fraction of sp³-hybridized carbons (Fsp3) is 0.725. The molecule has 8 atom stereocenters. The summed E-state index contributed by atoms with van der Waals surface area (Å²) in [6.45, 7) is 20.0. The van der Waals surface area contributed by atoms with Crippen LogP contribution >= 0.6 is 0 Å². The summed E-state index contributed by atoms with van der Waals surface area (Å²) in [5.41, 5.74) is 3.74. The summed E-state index contributed by atoms with van der Waals surface area (Å²) in [5.74, 6) is 2.31. The van der Waals surface area contributed by atoms with Crippen LogP contribution in [0.1, 0.15) is 132 Å². The zero-order chi connectivity index (χ0) is 32.7. The third kappa shape index (κ3) is 4.79. The van der Waals surface area contributed by atoms with Gasteiger partial charge in [-0.1, -0.05) is 73.6 Å². The number of Topliss-reactive ketones (excluding diaryl/α,β-unsaturated/α-hetero) is 1. The van der Waals surface area contributed by atoms with Crippen LogP contribution in [0.2, 0.25) is 0 Å². The van der Waals surface area contributed by atoms with E-state index in [0.717, 1.165) is 68.2 Å². The van der Waals surface area contributed by atoms with Gasteiger partial charge >= 0.3 is 5.97 Å². The Hall–Kier alpha value is -2.43. The minimum Gasteiger partial charge on any atom is -0.462 e. The number of nitrogens with one attached hydrogen (secondary N) is 1. The monoisotopic (exact) mass is 615 g/mol. The highest BCUT2D eigenvalue weighted by atomic mass is 16.5. The van der Waals surface area contributed by atoms with Gasteiger partial charge in [0.2, 0.25) is 5.91 Å². The molecule has 0 bridgehead atoms. The van der Waals surface area contributed by atoms with Gasteiger partial charge in [0.15, 0.2) is 5.78 Å². The predicted octanol–water partition coefficient (Wildman–Crippen LogP) is 9.27. The van der Waals surface area contributed by atoms with Crippen molar-refractivity contribution < 1.29 is 19.1 Å². The molecule has 45 heavy (non-hydrogen) atoms. The maximum absolute atomic E-state index is 14.6. The normalized spacial score (nSPS) is 38.7. The van der Waals surface area contributed by atoms with E-state index in [1.807, 2.05) is 18.2 Å². The van der Waals surface area contributed by atoms with Crippen molar-refractivity contribution in [2.45, 2.75) is 132 Å². The molecule has 0 saturated heterocycles. The minimum atomic E-state index is -0.740. The van der Waals surface area contributed by atoms with Crippen LogP contribution in [0.5, 0.6) is 0 Å². The summed E-state index contributed by atoms with van der Waals surface area (Å²) in [6, 6.07) is 8.15. The smallest absolute Gasteiger partial charge is 0.302 e. The number of anilines is 1. The Balaban J connectivity index is 1.35. The molecule has 0 aliphatic heterocycles. The third-order valence-electron chi connectivity index (χ3n) is 14.1. The van der Waals surface area contributed by atoms with Crippen molar-refractivity contribution in [2.75, 3.05) is 5.32 Å². The molecule has 4 fully saturated rings. The van der Waals surface area contributed by atoms with E-state index in [0.29, 0.717) is 30.1 Å². The fourth-order valence-corrected chi connectivity index (χ4v) is 12.3. The lowest BCUT2D eigenvalue weighted by molar-refractivity contribution is -0.212. The summed E-state index contributed by atoms with van der Waals surface area (Å²) >= 11 is 0. The van der Waals surface area contributed by atoms with Crippen molar-refractivity contribution in [3.8, 4) is 0 Å². The molecular weight excluding hydrogens is 558 g/mol. The number of benzene rings is 1. The van der Waals surface area contributed by atoms with Gasteiger partial charge in [-0.2, -0.15) is 0 Å². The van der Waals surface area contributed by atoms with Gasteiger partial charge in [0, 0.05) is 24.4 Å². The molecule has 4 unspecified atom stereocenters. The topological polar surface area (TPSA) is 72.5 Å². The Morgan fingerprint density at radius 3 is 2.20 bits per heavy atom. The summed E-state index contributed by atoms with van der Waals surface area (Å²) in [7, 11) is 0. The maximum Gasteiger partial charge on any atom is 0.302 e. The number of hydrogen-bond donors (Lipinski definition) is 1. The molecule has 5 aliphatic rings. The lowest BCUT2D eigenvalue weighted by Crippen LogP contribution is -2.63. The highest BCUT2D eigenvalue weighted by molar-refractivity contribution is 6.10. The highest BCUT2D eigenvalue weighted by Crippen LogP contribution is 2.73. The molecule has 1 aromatic carbocycles. The van der Waals surface area contributed by atoms with Gasteiger partial charge in [-0.25, -0.2) is 0 Å². The van der Waals surface area contributed by atoms with E-state index in [-0.39, 0.29) is 51.8 Å². The van der Waals surface area contributed by atoms with E-state index < -0.39 is 5.41 Å². The zero-order valence-electron chi connectivity index (χ0n) is 29.3. The first-order valence-corrected chi connectivity index (χ1v) is 17.9. The lowest BCUT2D eigenvalue weighted by Gasteiger charge is -2.68.